The van der Waals surface area contributed by atoms with E-state index in [1.54, 1.807) is 11.6 Å². The van der Waals surface area contributed by atoms with Gasteiger partial charge in [-0.25, -0.2) is 9.18 Å². The first-order valence-corrected chi connectivity index (χ1v) is 7.68. The second-order valence-electron chi connectivity index (χ2n) is 5.80. The Balaban J connectivity index is 1.60. The zero-order valence-corrected chi connectivity index (χ0v) is 13.5. The van der Waals surface area contributed by atoms with Crippen molar-refractivity contribution in [1.29, 1.82) is 0 Å². The number of amides is 2. The zero-order chi connectivity index (χ0) is 18.0. The van der Waals surface area contributed by atoms with E-state index in [9.17, 15) is 19.3 Å². The van der Waals surface area contributed by atoms with Crippen LogP contribution in [0.2, 0.25) is 0 Å². The van der Waals surface area contributed by atoms with Gasteiger partial charge in [-0.15, -0.1) is 0 Å². The largest absolute Gasteiger partial charge is 0.406 e. The van der Waals surface area contributed by atoms with Crippen LogP contribution in [0.15, 0.2) is 30.6 Å². The normalized spacial score (nSPS) is 16.7. The van der Waals surface area contributed by atoms with E-state index in [2.05, 4.69) is 15.6 Å². The van der Waals surface area contributed by atoms with Crippen LogP contribution in [0.4, 0.5) is 26.5 Å². The molecule has 132 valence electrons. The molecule has 1 saturated heterocycles. The molecule has 1 aliphatic heterocycles. The average molecular weight is 348 g/mol. The Kier molecular flexibility index (Phi) is 4.50. The molecule has 0 radical (unpaired) electrons. The van der Waals surface area contributed by atoms with Crippen molar-refractivity contribution in [3.63, 3.8) is 0 Å². The minimum atomic E-state index is -0.517. The van der Waals surface area contributed by atoms with Gasteiger partial charge in [0.1, 0.15) is 5.82 Å². The molecular formula is C15H17FN6O3. The Morgan fingerprint density at radius 2 is 2.12 bits per heavy atom. The Morgan fingerprint density at radius 1 is 1.40 bits per heavy atom. The van der Waals surface area contributed by atoms with Crippen LogP contribution in [0, 0.1) is 15.9 Å². The Hall–Kier alpha value is -3.17. The van der Waals surface area contributed by atoms with Gasteiger partial charge in [-0.1, -0.05) is 0 Å². The van der Waals surface area contributed by atoms with Gasteiger partial charge in [-0.2, -0.15) is 0 Å². The molecule has 1 aromatic carbocycles. The fourth-order valence-electron chi connectivity index (χ4n) is 2.86. The van der Waals surface area contributed by atoms with Gasteiger partial charge >= 0.3 is 11.8 Å². The summed E-state index contributed by atoms with van der Waals surface area (Å²) >= 11 is 0. The number of benzene rings is 1. The molecule has 1 fully saturated rings. The molecule has 10 heteroatoms. The van der Waals surface area contributed by atoms with Crippen LogP contribution in [-0.4, -0.2) is 39.6 Å². The maximum atomic E-state index is 12.9. The fourth-order valence-corrected chi connectivity index (χ4v) is 2.86. The Bertz CT molecular complexity index is 791. The molecule has 1 atom stereocenters. The molecule has 0 spiro atoms. The quantitative estimate of drug-likeness (QED) is 0.648. The number of aromatic nitrogens is 2. The Labute approximate surface area is 142 Å². The maximum absolute atomic E-state index is 12.9. The standard InChI is InChI=1S/C15H17FN6O3/c1-20-9-17-13(22(24)25)14(20)21-7-6-12(8-21)19-15(23)18-11-4-2-10(16)3-5-11/h2-5,9,12H,6-8H2,1H3,(H2,18,19,23)/t12-/m0/s1. The fraction of sp³-hybridized carbons (Fsp3) is 0.333. The highest BCUT2D eigenvalue weighted by Gasteiger charge is 2.32. The van der Waals surface area contributed by atoms with E-state index in [1.807, 2.05) is 4.90 Å². The van der Waals surface area contributed by atoms with Gasteiger partial charge in [-0.05, 0) is 40.6 Å². The lowest BCUT2D eigenvalue weighted by Gasteiger charge is -2.18. The second kappa shape index (κ2) is 6.75. The summed E-state index contributed by atoms with van der Waals surface area (Å²) in [5.41, 5.74) is 0.482. The van der Waals surface area contributed by atoms with E-state index in [0.717, 1.165) is 0 Å². The van der Waals surface area contributed by atoms with Gasteiger partial charge in [0.25, 0.3) is 0 Å². The topological polar surface area (TPSA) is 105 Å². The van der Waals surface area contributed by atoms with E-state index in [0.29, 0.717) is 31.0 Å². The van der Waals surface area contributed by atoms with Gasteiger partial charge in [0, 0.05) is 31.9 Å². The van der Waals surface area contributed by atoms with Crippen LogP contribution >= 0.6 is 0 Å². The third kappa shape index (κ3) is 3.67. The number of hydrogen-bond donors (Lipinski definition) is 2. The predicted molar refractivity (Wildman–Crippen MR) is 89.0 cm³/mol. The van der Waals surface area contributed by atoms with Crippen LogP contribution in [-0.2, 0) is 7.05 Å². The van der Waals surface area contributed by atoms with Crippen molar-refractivity contribution in [1.82, 2.24) is 14.9 Å². The maximum Gasteiger partial charge on any atom is 0.406 e. The van der Waals surface area contributed by atoms with E-state index in [1.165, 1.54) is 30.6 Å². The van der Waals surface area contributed by atoms with Crippen LogP contribution in [0.5, 0.6) is 0 Å². The third-order valence-electron chi connectivity index (χ3n) is 3.99. The molecule has 0 unspecified atom stereocenters. The number of urea groups is 1. The molecular weight excluding hydrogens is 331 g/mol. The van der Waals surface area contributed by atoms with Crippen LogP contribution in [0.1, 0.15) is 6.42 Å². The first-order chi connectivity index (χ1) is 11.9. The van der Waals surface area contributed by atoms with Crippen molar-refractivity contribution in [3.05, 3.63) is 46.5 Å². The van der Waals surface area contributed by atoms with Crippen LogP contribution < -0.4 is 15.5 Å². The molecule has 2 heterocycles. The van der Waals surface area contributed by atoms with Crippen molar-refractivity contribution in [2.75, 3.05) is 23.3 Å². The van der Waals surface area contributed by atoms with E-state index < -0.39 is 11.0 Å². The number of halogens is 1. The molecule has 0 saturated carbocycles. The van der Waals surface area contributed by atoms with Crippen molar-refractivity contribution >= 4 is 23.4 Å². The van der Waals surface area contributed by atoms with Crippen molar-refractivity contribution < 1.29 is 14.1 Å². The van der Waals surface area contributed by atoms with Crippen LogP contribution in [0.3, 0.4) is 0 Å². The van der Waals surface area contributed by atoms with Gasteiger partial charge < -0.3 is 25.6 Å². The summed E-state index contributed by atoms with van der Waals surface area (Å²) in [6, 6.07) is 4.89. The molecule has 25 heavy (non-hydrogen) atoms. The number of nitrogens with zero attached hydrogens (tertiary/aromatic N) is 4. The van der Waals surface area contributed by atoms with Gasteiger partial charge in [0.15, 0.2) is 0 Å². The monoisotopic (exact) mass is 348 g/mol. The number of aryl methyl sites for hydroxylation is 1. The van der Waals surface area contributed by atoms with Crippen LogP contribution in [0.25, 0.3) is 0 Å². The molecule has 0 aliphatic carbocycles. The van der Waals surface area contributed by atoms with E-state index in [4.69, 9.17) is 0 Å². The number of carbonyl (C=O) groups is 1. The first-order valence-electron chi connectivity index (χ1n) is 7.68. The smallest absolute Gasteiger partial charge is 0.358 e. The highest BCUT2D eigenvalue weighted by atomic mass is 19.1. The lowest BCUT2D eigenvalue weighted by molar-refractivity contribution is -0.388. The van der Waals surface area contributed by atoms with E-state index >= 15 is 0 Å². The summed E-state index contributed by atoms with van der Waals surface area (Å²) in [6.07, 6.45) is 2.05. The average Bonchev–Trinajstić information content (AvgIpc) is 3.15. The number of anilines is 2. The molecule has 9 nitrogen and oxygen atoms in total. The number of nitro groups is 1. The summed E-state index contributed by atoms with van der Waals surface area (Å²) in [6.45, 7) is 1.01. The lowest BCUT2D eigenvalue weighted by Crippen LogP contribution is -2.40. The summed E-state index contributed by atoms with van der Waals surface area (Å²) in [5, 5.41) is 16.5. The molecule has 1 aromatic heterocycles. The van der Waals surface area contributed by atoms with Gasteiger partial charge in [0.05, 0.1) is 0 Å². The van der Waals surface area contributed by atoms with Gasteiger partial charge in [-0.3, -0.25) is 4.57 Å². The zero-order valence-electron chi connectivity index (χ0n) is 13.5. The van der Waals surface area contributed by atoms with Gasteiger partial charge in [0.2, 0.25) is 12.1 Å². The minimum Gasteiger partial charge on any atom is -0.358 e. The molecule has 1 aliphatic rings. The molecule has 2 amide bonds. The lowest BCUT2D eigenvalue weighted by atomic mass is 10.3. The molecule has 2 aromatic rings. The second-order valence-corrected chi connectivity index (χ2v) is 5.80. The molecule has 3 rings (SSSR count). The van der Waals surface area contributed by atoms with E-state index in [-0.39, 0.29) is 17.7 Å². The molecule has 2 N–H and O–H groups in total. The summed E-state index contributed by atoms with van der Waals surface area (Å²) in [5.74, 6) is -0.151. The number of imidazole rings is 1. The third-order valence-corrected chi connectivity index (χ3v) is 3.99. The number of nitrogens with one attached hydrogen (secondary N) is 2. The predicted octanol–water partition coefficient (Wildman–Crippen LogP) is 1.87. The Morgan fingerprint density at radius 3 is 2.80 bits per heavy atom. The molecule has 0 bridgehead atoms. The van der Waals surface area contributed by atoms with Crippen molar-refractivity contribution in [3.8, 4) is 0 Å². The number of carbonyl (C=O) groups excluding carboxylic acids is 1. The summed E-state index contributed by atoms with van der Waals surface area (Å²) < 4.78 is 14.5. The van der Waals surface area contributed by atoms with Crippen molar-refractivity contribution in [2.45, 2.75) is 12.5 Å². The SMILES string of the molecule is Cn1cnc([N+](=O)[O-])c1N1CC[C@H](NC(=O)Nc2ccc(F)cc2)C1. The number of hydrogen-bond acceptors (Lipinski definition) is 5. The highest BCUT2D eigenvalue weighted by Crippen LogP contribution is 2.28. The minimum absolute atomic E-state index is 0.157. The van der Waals surface area contributed by atoms with Crippen molar-refractivity contribution in [2.24, 2.45) is 7.05 Å². The number of rotatable bonds is 4. The highest BCUT2D eigenvalue weighted by molar-refractivity contribution is 5.89. The summed E-state index contributed by atoms with van der Waals surface area (Å²) in [4.78, 5) is 28.2. The summed E-state index contributed by atoms with van der Waals surface area (Å²) in [7, 11) is 1.69. The first kappa shape index (κ1) is 16.7.